The van der Waals surface area contributed by atoms with Crippen LogP contribution < -0.4 is 4.90 Å². The third kappa shape index (κ3) is 3.84. The van der Waals surface area contributed by atoms with Crippen LogP contribution in [0.25, 0.3) is 0 Å². The van der Waals surface area contributed by atoms with Gasteiger partial charge < -0.3 is 9.64 Å². The predicted octanol–water partition coefficient (Wildman–Crippen LogP) is 3.02. The number of carbonyl (C=O) groups excluding carboxylic acids is 2. The molecular weight excluding hydrogens is 266 g/mol. The summed E-state index contributed by atoms with van der Waals surface area (Å²) in [5.41, 5.74) is 0.893. The number of hydrogen-bond donors (Lipinski definition) is 0. The molecule has 1 aliphatic carbocycles. The second kappa shape index (κ2) is 7.25. The molecule has 1 amide bonds. The Hall–Kier alpha value is -1.84. The third-order valence-corrected chi connectivity index (χ3v) is 4.18. The average molecular weight is 289 g/mol. The van der Waals surface area contributed by atoms with Gasteiger partial charge in [-0.15, -0.1) is 0 Å². The van der Waals surface area contributed by atoms with Crippen LogP contribution in [0.4, 0.5) is 5.69 Å². The fourth-order valence-corrected chi connectivity index (χ4v) is 3.07. The summed E-state index contributed by atoms with van der Waals surface area (Å²) in [6.45, 7) is 2.20. The van der Waals surface area contributed by atoms with Crippen LogP contribution in [0.2, 0.25) is 0 Å². The van der Waals surface area contributed by atoms with E-state index in [2.05, 4.69) is 0 Å². The molecule has 4 heteroatoms. The predicted molar refractivity (Wildman–Crippen MR) is 81.9 cm³/mol. The monoisotopic (exact) mass is 289 g/mol. The van der Waals surface area contributed by atoms with Crippen molar-refractivity contribution < 1.29 is 14.3 Å². The van der Waals surface area contributed by atoms with Gasteiger partial charge in [0.1, 0.15) is 0 Å². The Morgan fingerprint density at radius 1 is 1.24 bits per heavy atom. The van der Waals surface area contributed by atoms with Crippen molar-refractivity contribution in [3.05, 3.63) is 30.3 Å². The first kappa shape index (κ1) is 15.5. The fourth-order valence-electron chi connectivity index (χ4n) is 3.07. The van der Waals surface area contributed by atoms with Crippen LogP contribution in [-0.4, -0.2) is 25.5 Å². The lowest BCUT2D eigenvalue weighted by Gasteiger charge is -2.25. The minimum absolute atomic E-state index is 0.0698. The molecule has 0 bridgehead atoms. The quantitative estimate of drug-likeness (QED) is 0.783. The van der Waals surface area contributed by atoms with Gasteiger partial charge in [-0.25, -0.2) is 0 Å². The highest BCUT2D eigenvalue weighted by Gasteiger charge is 2.36. The normalized spacial score (nSPS) is 21.0. The van der Waals surface area contributed by atoms with E-state index in [4.69, 9.17) is 4.74 Å². The van der Waals surface area contributed by atoms with Crippen LogP contribution in [0.5, 0.6) is 0 Å². The van der Waals surface area contributed by atoms with Gasteiger partial charge >= 0.3 is 5.97 Å². The highest BCUT2D eigenvalue weighted by Crippen LogP contribution is 2.36. The summed E-state index contributed by atoms with van der Waals surface area (Å²) in [6, 6.07) is 9.62. The molecular formula is C17H23NO3. The van der Waals surface area contributed by atoms with Gasteiger partial charge in [-0.3, -0.25) is 9.59 Å². The van der Waals surface area contributed by atoms with E-state index in [9.17, 15) is 9.59 Å². The van der Waals surface area contributed by atoms with E-state index in [1.54, 1.807) is 18.9 Å². The van der Waals surface area contributed by atoms with Crippen LogP contribution in [0, 0.1) is 11.8 Å². The molecule has 0 aliphatic heterocycles. The number of amides is 1. The zero-order valence-corrected chi connectivity index (χ0v) is 12.7. The molecule has 0 spiro atoms. The van der Waals surface area contributed by atoms with Gasteiger partial charge in [-0.05, 0) is 37.8 Å². The second-order valence-corrected chi connectivity index (χ2v) is 5.54. The smallest absolute Gasteiger partial charge is 0.306 e. The number of ether oxygens (including phenoxy) is 1. The molecule has 4 nitrogen and oxygen atoms in total. The molecule has 0 aromatic heterocycles. The van der Waals surface area contributed by atoms with E-state index in [1.807, 2.05) is 30.3 Å². The van der Waals surface area contributed by atoms with E-state index in [1.165, 1.54) is 0 Å². The third-order valence-electron chi connectivity index (χ3n) is 4.18. The van der Waals surface area contributed by atoms with Crippen LogP contribution >= 0.6 is 0 Å². The molecule has 0 unspecified atom stereocenters. The van der Waals surface area contributed by atoms with Gasteiger partial charge in [0.05, 0.1) is 6.61 Å². The lowest BCUT2D eigenvalue weighted by molar-refractivity contribution is -0.144. The summed E-state index contributed by atoms with van der Waals surface area (Å²) in [4.78, 5) is 26.0. The molecule has 2 atom stereocenters. The molecule has 0 saturated heterocycles. The van der Waals surface area contributed by atoms with E-state index in [0.29, 0.717) is 13.0 Å². The van der Waals surface area contributed by atoms with E-state index >= 15 is 0 Å². The van der Waals surface area contributed by atoms with Crippen molar-refractivity contribution in [3.8, 4) is 0 Å². The summed E-state index contributed by atoms with van der Waals surface area (Å²) >= 11 is 0. The van der Waals surface area contributed by atoms with Gasteiger partial charge in [0.2, 0.25) is 5.91 Å². The fraction of sp³-hybridized carbons (Fsp3) is 0.529. The van der Waals surface area contributed by atoms with Crippen LogP contribution in [-0.2, 0) is 14.3 Å². The maximum Gasteiger partial charge on any atom is 0.306 e. The van der Waals surface area contributed by atoms with Crippen LogP contribution in [0.1, 0.15) is 32.6 Å². The molecule has 1 aliphatic rings. The Bertz CT molecular complexity index is 486. The Morgan fingerprint density at radius 2 is 1.95 bits per heavy atom. The molecule has 1 saturated carbocycles. The van der Waals surface area contributed by atoms with Crippen molar-refractivity contribution in [2.45, 2.75) is 32.6 Å². The first-order chi connectivity index (χ1) is 10.1. The van der Waals surface area contributed by atoms with Gasteiger partial charge in [-0.1, -0.05) is 24.6 Å². The number of carbonyl (C=O) groups is 2. The van der Waals surface area contributed by atoms with E-state index < -0.39 is 0 Å². The number of hydrogen-bond acceptors (Lipinski definition) is 3. The number of nitrogens with zero attached hydrogens (tertiary/aromatic N) is 1. The molecule has 114 valence electrons. The number of rotatable bonds is 5. The van der Waals surface area contributed by atoms with Crippen molar-refractivity contribution in [1.29, 1.82) is 0 Å². The SMILES string of the molecule is CCOC(=O)C[C@@H]1CCC[C@@H]1C(=O)N(C)c1ccccc1. The molecule has 21 heavy (non-hydrogen) atoms. The van der Waals surface area contributed by atoms with Gasteiger partial charge in [0.15, 0.2) is 0 Å². The maximum atomic E-state index is 12.7. The summed E-state index contributed by atoms with van der Waals surface area (Å²) in [5, 5.41) is 0. The lowest BCUT2D eigenvalue weighted by Crippen LogP contribution is -2.35. The van der Waals surface area contributed by atoms with E-state index in [-0.39, 0.29) is 23.7 Å². The molecule has 0 N–H and O–H groups in total. The van der Waals surface area contributed by atoms with Crippen molar-refractivity contribution in [3.63, 3.8) is 0 Å². The summed E-state index contributed by atoms with van der Waals surface area (Å²) < 4.78 is 5.01. The van der Waals surface area contributed by atoms with Gasteiger partial charge in [0.25, 0.3) is 0 Å². The number of para-hydroxylation sites is 1. The minimum atomic E-state index is -0.190. The Kier molecular flexibility index (Phi) is 5.37. The van der Waals surface area contributed by atoms with Crippen molar-refractivity contribution in [1.82, 2.24) is 0 Å². The summed E-state index contributed by atoms with van der Waals surface area (Å²) in [6.07, 6.45) is 3.15. The second-order valence-electron chi connectivity index (χ2n) is 5.54. The Labute approximate surface area is 126 Å². The largest absolute Gasteiger partial charge is 0.466 e. The van der Waals surface area contributed by atoms with Gasteiger partial charge in [-0.2, -0.15) is 0 Å². The summed E-state index contributed by atoms with van der Waals surface area (Å²) in [5.74, 6) is -0.0418. The molecule has 1 fully saturated rings. The number of benzene rings is 1. The lowest BCUT2D eigenvalue weighted by atomic mass is 9.91. The Morgan fingerprint density at radius 3 is 2.62 bits per heavy atom. The van der Waals surface area contributed by atoms with Crippen molar-refractivity contribution in [2.24, 2.45) is 11.8 Å². The molecule has 1 aromatic rings. The highest BCUT2D eigenvalue weighted by atomic mass is 16.5. The molecule has 2 rings (SSSR count). The summed E-state index contributed by atoms with van der Waals surface area (Å²) in [7, 11) is 1.80. The highest BCUT2D eigenvalue weighted by molar-refractivity contribution is 5.95. The van der Waals surface area contributed by atoms with Crippen molar-refractivity contribution >= 4 is 17.6 Å². The average Bonchev–Trinajstić information content (AvgIpc) is 2.95. The van der Waals surface area contributed by atoms with Crippen LogP contribution in [0.15, 0.2) is 30.3 Å². The zero-order chi connectivity index (χ0) is 15.2. The molecule has 0 radical (unpaired) electrons. The van der Waals surface area contributed by atoms with E-state index in [0.717, 1.165) is 24.9 Å². The molecule has 1 aromatic carbocycles. The Balaban J connectivity index is 2.02. The van der Waals surface area contributed by atoms with Crippen LogP contribution in [0.3, 0.4) is 0 Å². The number of esters is 1. The minimum Gasteiger partial charge on any atom is -0.466 e. The molecule has 0 heterocycles. The van der Waals surface area contributed by atoms with Gasteiger partial charge in [0, 0.05) is 25.1 Å². The maximum absolute atomic E-state index is 12.7. The first-order valence-corrected chi connectivity index (χ1v) is 7.61. The topological polar surface area (TPSA) is 46.6 Å². The first-order valence-electron chi connectivity index (χ1n) is 7.61. The zero-order valence-electron chi connectivity index (χ0n) is 12.7. The number of anilines is 1. The van der Waals surface area contributed by atoms with Crippen molar-refractivity contribution in [2.75, 3.05) is 18.6 Å². The standard InChI is InChI=1S/C17H23NO3/c1-3-21-16(19)12-13-8-7-11-15(13)17(20)18(2)14-9-5-4-6-10-14/h4-6,9-10,13,15H,3,7-8,11-12H2,1-2H3/t13-,15-/m0/s1.